The molecule has 2 heterocycles. The fraction of sp³-hybridized carbons (Fsp3) is 0.647. The second-order valence-corrected chi connectivity index (χ2v) is 6.54. The fourth-order valence-electron chi connectivity index (χ4n) is 3.72. The van der Waals surface area contributed by atoms with Gasteiger partial charge in [-0.15, -0.1) is 0 Å². The van der Waals surface area contributed by atoms with E-state index in [1.54, 1.807) is 5.56 Å². The van der Waals surface area contributed by atoms with E-state index in [4.69, 9.17) is 0 Å². The number of fused-ring (bicyclic) bond motifs is 1. The lowest BCUT2D eigenvalue weighted by Gasteiger charge is -2.29. The Labute approximate surface area is 123 Å². The van der Waals surface area contributed by atoms with Crippen molar-refractivity contribution in [3.8, 4) is 0 Å². The van der Waals surface area contributed by atoms with E-state index in [0.717, 1.165) is 19.6 Å². The van der Waals surface area contributed by atoms with E-state index in [1.165, 1.54) is 30.8 Å². The lowest BCUT2D eigenvalue weighted by atomic mass is 10.1. The van der Waals surface area contributed by atoms with Crippen molar-refractivity contribution in [2.45, 2.75) is 45.8 Å². The summed E-state index contributed by atoms with van der Waals surface area (Å²) in [6.07, 6.45) is 1.20. The summed E-state index contributed by atoms with van der Waals surface area (Å²) in [5.41, 5.74) is 4.47. The predicted octanol–water partition coefficient (Wildman–Crippen LogP) is 2.25. The minimum atomic E-state index is 0.588. The molecule has 0 bridgehead atoms. The molecule has 0 spiro atoms. The lowest BCUT2D eigenvalue weighted by molar-refractivity contribution is 0.233. The third-order valence-electron chi connectivity index (χ3n) is 4.58. The van der Waals surface area contributed by atoms with E-state index in [2.05, 4.69) is 54.1 Å². The van der Waals surface area contributed by atoms with Gasteiger partial charge in [-0.2, -0.15) is 0 Å². The van der Waals surface area contributed by atoms with Crippen molar-refractivity contribution >= 4 is 5.69 Å². The summed E-state index contributed by atoms with van der Waals surface area (Å²) in [7, 11) is 0. The highest BCUT2D eigenvalue weighted by Gasteiger charge is 2.27. The number of rotatable bonds is 3. The Kier molecular flexibility index (Phi) is 3.99. The Balaban J connectivity index is 1.75. The average molecular weight is 273 g/mol. The van der Waals surface area contributed by atoms with Crippen LogP contribution >= 0.6 is 0 Å². The largest absolute Gasteiger partial charge is 0.366 e. The van der Waals surface area contributed by atoms with Crippen LogP contribution in [0.2, 0.25) is 0 Å². The molecule has 0 radical (unpaired) electrons. The van der Waals surface area contributed by atoms with Gasteiger partial charge in [-0.25, -0.2) is 0 Å². The van der Waals surface area contributed by atoms with Crippen LogP contribution in [0.3, 0.4) is 0 Å². The van der Waals surface area contributed by atoms with Crippen LogP contribution in [-0.2, 0) is 13.0 Å². The first-order valence-electron chi connectivity index (χ1n) is 7.98. The maximum atomic E-state index is 3.42. The molecule has 0 amide bonds. The van der Waals surface area contributed by atoms with Gasteiger partial charge in [-0.3, -0.25) is 4.90 Å². The highest BCUT2D eigenvalue weighted by molar-refractivity contribution is 5.61. The molecule has 1 aromatic rings. The van der Waals surface area contributed by atoms with Gasteiger partial charge in [0.05, 0.1) is 0 Å². The third-order valence-corrected chi connectivity index (χ3v) is 4.58. The molecule has 2 aliphatic rings. The van der Waals surface area contributed by atoms with E-state index in [0.29, 0.717) is 12.1 Å². The molecule has 3 rings (SSSR count). The molecule has 3 nitrogen and oxygen atoms in total. The van der Waals surface area contributed by atoms with Crippen molar-refractivity contribution in [3.63, 3.8) is 0 Å². The van der Waals surface area contributed by atoms with Crippen molar-refractivity contribution in [1.29, 1.82) is 0 Å². The van der Waals surface area contributed by atoms with Crippen LogP contribution in [0.5, 0.6) is 0 Å². The SMILES string of the molecule is CC(C)N1c2ccc(CN3CCNCC3)cc2CC1C. The minimum Gasteiger partial charge on any atom is -0.366 e. The molecule has 1 aromatic carbocycles. The van der Waals surface area contributed by atoms with Gasteiger partial charge in [-0.05, 0) is 44.4 Å². The second-order valence-electron chi connectivity index (χ2n) is 6.54. The molecule has 1 saturated heterocycles. The van der Waals surface area contributed by atoms with Gasteiger partial charge in [0.2, 0.25) is 0 Å². The monoisotopic (exact) mass is 273 g/mol. The van der Waals surface area contributed by atoms with Gasteiger partial charge in [0.25, 0.3) is 0 Å². The topological polar surface area (TPSA) is 18.5 Å². The Hall–Kier alpha value is -1.06. The van der Waals surface area contributed by atoms with Gasteiger partial charge in [-0.1, -0.05) is 12.1 Å². The van der Waals surface area contributed by atoms with Gasteiger partial charge in [0, 0.05) is 50.5 Å². The Bertz CT molecular complexity index is 463. The highest BCUT2D eigenvalue weighted by Crippen LogP contribution is 2.34. The van der Waals surface area contributed by atoms with E-state index in [9.17, 15) is 0 Å². The van der Waals surface area contributed by atoms with Crippen LogP contribution in [0.15, 0.2) is 18.2 Å². The molecule has 0 aromatic heterocycles. The summed E-state index contributed by atoms with van der Waals surface area (Å²) >= 11 is 0. The number of anilines is 1. The maximum Gasteiger partial charge on any atom is 0.0404 e. The van der Waals surface area contributed by atoms with Crippen LogP contribution in [0, 0.1) is 0 Å². The van der Waals surface area contributed by atoms with Crippen molar-refractivity contribution in [2.75, 3.05) is 31.1 Å². The average Bonchev–Trinajstić information content (AvgIpc) is 2.75. The fourth-order valence-corrected chi connectivity index (χ4v) is 3.72. The van der Waals surface area contributed by atoms with E-state index in [-0.39, 0.29) is 0 Å². The van der Waals surface area contributed by atoms with Crippen LogP contribution in [-0.4, -0.2) is 43.2 Å². The Morgan fingerprint density at radius 1 is 1.25 bits per heavy atom. The Morgan fingerprint density at radius 2 is 2.00 bits per heavy atom. The van der Waals surface area contributed by atoms with Crippen molar-refractivity contribution in [2.24, 2.45) is 0 Å². The maximum absolute atomic E-state index is 3.42. The first-order chi connectivity index (χ1) is 9.65. The summed E-state index contributed by atoms with van der Waals surface area (Å²) in [4.78, 5) is 5.11. The van der Waals surface area contributed by atoms with Gasteiger partial charge < -0.3 is 10.2 Å². The van der Waals surface area contributed by atoms with E-state index < -0.39 is 0 Å². The zero-order valence-electron chi connectivity index (χ0n) is 13.0. The predicted molar refractivity (Wildman–Crippen MR) is 85.4 cm³/mol. The molecule has 0 saturated carbocycles. The first kappa shape index (κ1) is 13.9. The second kappa shape index (κ2) is 5.74. The number of hydrogen-bond acceptors (Lipinski definition) is 3. The molecule has 1 atom stereocenters. The molecule has 2 aliphatic heterocycles. The van der Waals surface area contributed by atoms with Crippen LogP contribution in [0.1, 0.15) is 31.9 Å². The quantitative estimate of drug-likeness (QED) is 0.911. The molecular weight excluding hydrogens is 246 g/mol. The van der Waals surface area contributed by atoms with Crippen LogP contribution in [0.25, 0.3) is 0 Å². The molecular formula is C17H27N3. The van der Waals surface area contributed by atoms with Crippen molar-refractivity contribution < 1.29 is 0 Å². The van der Waals surface area contributed by atoms with E-state index in [1.807, 2.05) is 0 Å². The molecule has 1 N–H and O–H groups in total. The standard InChI is InChI=1S/C17H27N3/c1-13(2)20-14(3)10-16-11-15(4-5-17(16)20)12-19-8-6-18-7-9-19/h4-5,11,13-14,18H,6-10,12H2,1-3H3. The zero-order valence-corrected chi connectivity index (χ0v) is 13.0. The molecule has 1 unspecified atom stereocenters. The first-order valence-corrected chi connectivity index (χ1v) is 7.98. The molecule has 20 heavy (non-hydrogen) atoms. The summed E-state index contributed by atoms with van der Waals surface area (Å²) in [6, 6.07) is 8.34. The van der Waals surface area contributed by atoms with Crippen LogP contribution < -0.4 is 10.2 Å². The normalized spacial score (nSPS) is 23.4. The summed E-state index contributed by atoms with van der Waals surface area (Å²) in [5, 5.41) is 3.42. The molecule has 1 fully saturated rings. The molecule has 110 valence electrons. The number of hydrogen-bond donors (Lipinski definition) is 1. The highest BCUT2D eigenvalue weighted by atomic mass is 15.2. The van der Waals surface area contributed by atoms with E-state index >= 15 is 0 Å². The van der Waals surface area contributed by atoms with Crippen molar-refractivity contribution in [1.82, 2.24) is 10.2 Å². The number of piperazine rings is 1. The Morgan fingerprint density at radius 3 is 2.70 bits per heavy atom. The lowest BCUT2D eigenvalue weighted by Crippen LogP contribution is -2.42. The number of benzene rings is 1. The summed E-state index contributed by atoms with van der Waals surface area (Å²) < 4.78 is 0. The van der Waals surface area contributed by atoms with Gasteiger partial charge >= 0.3 is 0 Å². The molecule has 3 heteroatoms. The minimum absolute atomic E-state index is 0.588. The number of nitrogens with one attached hydrogen (secondary N) is 1. The zero-order chi connectivity index (χ0) is 14.1. The van der Waals surface area contributed by atoms with Crippen molar-refractivity contribution in [3.05, 3.63) is 29.3 Å². The van der Waals surface area contributed by atoms with Crippen LogP contribution in [0.4, 0.5) is 5.69 Å². The summed E-state index contributed by atoms with van der Waals surface area (Å²) in [5.74, 6) is 0. The number of nitrogens with zero attached hydrogens (tertiary/aromatic N) is 2. The smallest absolute Gasteiger partial charge is 0.0404 e. The summed E-state index contributed by atoms with van der Waals surface area (Å²) in [6.45, 7) is 12.6. The molecule has 0 aliphatic carbocycles. The third kappa shape index (κ3) is 2.70. The van der Waals surface area contributed by atoms with Gasteiger partial charge in [0.1, 0.15) is 0 Å². The van der Waals surface area contributed by atoms with Gasteiger partial charge in [0.15, 0.2) is 0 Å².